The predicted molar refractivity (Wildman–Crippen MR) is 114 cm³/mol. The van der Waals surface area contributed by atoms with Gasteiger partial charge in [-0.25, -0.2) is 9.59 Å². The molecule has 204 valence electrons. The molecule has 0 aliphatic carbocycles. The van der Waals surface area contributed by atoms with E-state index in [0.29, 0.717) is 0 Å². The molecule has 1 heterocycles. The van der Waals surface area contributed by atoms with E-state index in [-0.39, 0.29) is 6.61 Å². The van der Waals surface area contributed by atoms with Crippen LogP contribution in [0.1, 0.15) is 41.0 Å². The molecule has 0 radical (unpaired) electrons. The third-order valence-corrected chi connectivity index (χ3v) is 4.71. The van der Waals surface area contributed by atoms with Crippen LogP contribution in [0.25, 0.3) is 0 Å². The molecule has 0 spiro atoms. The first-order valence-corrected chi connectivity index (χ1v) is 10.8. The van der Waals surface area contributed by atoms with E-state index in [1.807, 2.05) is 0 Å². The van der Waals surface area contributed by atoms with Gasteiger partial charge in [0.05, 0.1) is 26.2 Å². The lowest BCUT2D eigenvalue weighted by Crippen LogP contribution is -2.69. The van der Waals surface area contributed by atoms with E-state index in [9.17, 15) is 33.9 Å². The van der Waals surface area contributed by atoms with Gasteiger partial charge in [-0.2, -0.15) is 0 Å². The quantitative estimate of drug-likeness (QED) is 0.265. The largest absolute Gasteiger partial charge is 0.465 e. The Labute approximate surface area is 206 Å². The molecule has 2 N–H and O–H groups in total. The highest BCUT2D eigenvalue weighted by Crippen LogP contribution is 2.34. The monoisotopic (exact) mass is 521 g/mol. The Morgan fingerprint density at radius 1 is 0.972 bits per heavy atom. The van der Waals surface area contributed by atoms with Crippen LogP contribution >= 0.6 is 0 Å². The number of methoxy groups -OCH3 is 1. The standard InChI is InChI=1S/C21H31NO14/c1-7-31-20(28)22-16-14(33-11(3)24)8-21(29,19(27)30-6)36-18(16)17(35-13(5)26)15(34-12(4)25)9-32-10(2)23/h14-18,29H,7-9H2,1-6H3,(H,22,28)/t14-,15+,16+,17+,18+,21-/m0/s1. The van der Waals surface area contributed by atoms with Crippen LogP contribution in [0.2, 0.25) is 0 Å². The average Bonchev–Trinajstić information content (AvgIpc) is 2.75. The molecule has 6 atom stereocenters. The Hall–Kier alpha value is -3.46. The fraction of sp³-hybridized carbons (Fsp3) is 0.714. The number of esters is 5. The fourth-order valence-electron chi connectivity index (χ4n) is 3.49. The zero-order valence-corrected chi connectivity index (χ0v) is 20.8. The smallest absolute Gasteiger partial charge is 0.407 e. The number of carbonyl (C=O) groups is 6. The molecule has 36 heavy (non-hydrogen) atoms. The summed E-state index contributed by atoms with van der Waals surface area (Å²) in [6.07, 6.45) is -8.18. The summed E-state index contributed by atoms with van der Waals surface area (Å²) < 4.78 is 35.6. The van der Waals surface area contributed by atoms with Gasteiger partial charge in [-0.05, 0) is 6.92 Å². The van der Waals surface area contributed by atoms with E-state index in [1.165, 1.54) is 6.92 Å². The Kier molecular flexibility index (Phi) is 11.5. The third-order valence-electron chi connectivity index (χ3n) is 4.71. The Bertz CT molecular complexity index is 844. The maximum atomic E-state index is 12.4. The Morgan fingerprint density at radius 2 is 1.58 bits per heavy atom. The van der Waals surface area contributed by atoms with Crippen LogP contribution in [0, 0.1) is 0 Å². The van der Waals surface area contributed by atoms with Crippen molar-refractivity contribution in [2.75, 3.05) is 20.3 Å². The summed E-state index contributed by atoms with van der Waals surface area (Å²) in [6.45, 7) is 4.95. The zero-order chi connectivity index (χ0) is 27.6. The highest BCUT2D eigenvalue weighted by Gasteiger charge is 2.58. The number of hydrogen-bond donors (Lipinski definition) is 2. The van der Waals surface area contributed by atoms with E-state index in [0.717, 1.165) is 34.8 Å². The summed E-state index contributed by atoms with van der Waals surface area (Å²) in [6, 6.07) is -1.43. The maximum Gasteiger partial charge on any atom is 0.407 e. The van der Waals surface area contributed by atoms with E-state index < -0.39 is 85.2 Å². The number of rotatable bonds is 10. The second kappa shape index (κ2) is 13.6. The highest BCUT2D eigenvalue weighted by atomic mass is 16.7. The lowest BCUT2D eigenvalue weighted by atomic mass is 9.88. The number of alkyl carbamates (subject to hydrolysis) is 1. The molecule has 1 saturated heterocycles. The molecule has 1 fully saturated rings. The predicted octanol–water partition coefficient (Wildman–Crippen LogP) is -0.890. The van der Waals surface area contributed by atoms with Crippen molar-refractivity contribution in [3.63, 3.8) is 0 Å². The van der Waals surface area contributed by atoms with Crippen molar-refractivity contribution in [1.29, 1.82) is 0 Å². The van der Waals surface area contributed by atoms with Crippen LogP contribution in [-0.2, 0) is 57.1 Å². The summed E-state index contributed by atoms with van der Waals surface area (Å²) in [7, 11) is 0.953. The third kappa shape index (κ3) is 8.96. The minimum Gasteiger partial charge on any atom is -0.465 e. The van der Waals surface area contributed by atoms with Crippen molar-refractivity contribution in [1.82, 2.24) is 5.32 Å². The molecule has 1 aliphatic heterocycles. The molecule has 0 aromatic heterocycles. The number of amides is 1. The van der Waals surface area contributed by atoms with Crippen molar-refractivity contribution >= 4 is 35.9 Å². The molecule has 15 heteroatoms. The summed E-state index contributed by atoms with van der Waals surface area (Å²) >= 11 is 0. The van der Waals surface area contributed by atoms with Gasteiger partial charge >= 0.3 is 35.9 Å². The van der Waals surface area contributed by atoms with Gasteiger partial charge in [0.25, 0.3) is 5.79 Å². The van der Waals surface area contributed by atoms with Crippen molar-refractivity contribution < 1.29 is 67.0 Å². The van der Waals surface area contributed by atoms with Crippen LogP contribution < -0.4 is 5.32 Å². The molecule has 0 aromatic rings. The SMILES string of the molecule is CCOC(=O)N[C@H]1[C@H]([C@H](OC(C)=O)[C@@H](COC(C)=O)OC(C)=O)O[C@](O)(C(=O)OC)C[C@@H]1OC(C)=O. The first kappa shape index (κ1) is 30.6. The van der Waals surface area contributed by atoms with Gasteiger partial charge in [-0.15, -0.1) is 0 Å². The molecule has 0 aromatic carbocycles. The molecule has 1 amide bonds. The number of hydrogen-bond acceptors (Lipinski definition) is 14. The summed E-state index contributed by atoms with van der Waals surface area (Å²) in [5.74, 6) is -7.51. The van der Waals surface area contributed by atoms with Crippen LogP contribution in [0.5, 0.6) is 0 Å². The van der Waals surface area contributed by atoms with E-state index in [2.05, 4.69) is 10.1 Å². The molecular weight excluding hydrogens is 490 g/mol. The van der Waals surface area contributed by atoms with Crippen molar-refractivity contribution in [2.24, 2.45) is 0 Å². The first-order valence-electron chi connectivity index (χ1n) is 10.8. The number of ether oxygens (including phenoxy) is 7. The highest BCUT2D eigenvalue weighted by molar-refractivity contribution is 5.78. The van der Waals surface area contributed by atoms with E-state index in [1.54, 1.807) is 0 Å². The molecule has 1 rings (SSSR count). The Balaban J connectivity index is 3.68. The number of nitrogens with one attached hydrogen (secondary N) is 1. The van der Waals surface area contributed by atoms with Crippen LogP contribution in [0.4, 0.5) is 4.79 Å². The lowest BCUT2D eigenvalue weighted by Gasteiger charge is -2.46. The number of aliphatic hydroxyl groups is 1. The average molecular weight is 521 g/mol. The van der Waals surface area contributed by atoms with E-state index in [4.69, 9.17) is 28.4 Å². The first-order chi connectivity index (χ1) is 16.7. The van der Waals surface area contributed by atoms with Crippen LogP contribution in [0.15, 0.2) is 0 Å². The summed E-state index contributed by atoms with van der Waals surface area (Å²) in [5, 5.41) is 13.3. The summed E-state index contributed by atoms with van der Waals surface area (Å²) in [5.41, 5.74) is 0. The van der Waals surface area contributed by atoms with Crippen molar-refractivity contribution in [3.05, 3.63) is 0 Å². The second-order valence-electron chi connectivity index (χ2n) is 7.63. The summed E-state index contributed by atoms with van der Waals surface area (Å²) in [4.78, 5) is 71.7. The van der Waals surface area contributed by atoms with Gasteiger partial charge in [-0.1, -0.05) is 0 Å². The normalized spacial score (nSPS) is 24.8. The zero-order valence-electron chi connectivity index (χ0n) is 20.8. The van der Waals surface area contributed by atoms with Crippen LogP contribution in [0.3, 0.4) is 0 Å². The van der Waals surface area contributed by atoms with Crippen molar-refractivity contribution in [2.45, 2.75) is 77.3 Å². The van der Waals surface area contributed by atoms with Gasteiger partial charge in [0.2, 0.25) is 0 Å². The molecule has 15 nitrogen and oxygen atoms in total. The van der Waals surface area contributed by atoms with Gasteiger partial charge in [0, 0.05) is 27.7 Å². The lowest BCUT2D eigenvalue weighted by molar-refractivity contribution is -0.299. The van der Waals surface area contributed by atoms with Gasteiger partial charge in [0.1, 0.15) is 18.8 Å². The minimum atomic E-state index is -2.76. The molecule has 0 unspecified atom stereocenters. The minimum absolute atomic E-state index is 0.0513. The van der Waals surface area contributed by atoms with Crippen LogP contribution in [-0.4, -0.2) is 97.6 Å². The molecule has 0 bridgehead atoms. The topological polar surface area (TPSA) is 199 Å². The van der Waals surface area contributed by atoms with Crippen molar-refractivity contribution in [3.8, 4) is 0 Å². The maximum absolute atomic E-state index is 12.4. The second-order valence-corrected chi connectivity index (χ2v) is 7.63. The van der Waals surface area contributed by atoms with E-state index >= 15 is 0 Å². The Morgan fingerprint density at radius 3 is 2.06 bits per heavy atom. The van der Waals surface area contributed by atoms with Gasteiger partial charge in [-0.3, -0.25) is 19.2 Å². The number of carbonyl (C=O) groups excluding carboxylic acids is 6. The fourth-order valence-corrected chi connectivity index (χ4v) is 3.49. The molecular formula is C21H31NO14. The van der Waals surface area contributed by atoms with Gasteiger partial charge in [0.15, 0.2) is 12.2 Å². The molecule has 0 saturated carbocycles. The molecule has 1 aliphatic rings. The van der Waals surface area contributed by atoms with Gasteiger partial charge < -0.3 is 43.6 Å².